The molecule has 0 radical (unpaired) electrons. The first-order valence-corrected chi connectivity index (χ1v) is 8.24. The second-order valence-electron chi connectivity index (χ2n) is 7.96. The SMILES string of the molecule is CCC(CC(C)(C)O)OC(C)(C)CCN1CCOC1(C)C. The third kappa shape index (κ3) is 6.64. The molecule has 0 aliphatic carbocycles. The summed E-state index contributed by atoms with van der Waals surface area (Å²) in [6.45, 7) is 17.1. The topological polar surface area (TPSA) is 41.9 Å². The molecular formula is C17H35NO3. The van der Waals surface area contributed by atoms with Crippen molar-refractivity contribution in [2.75, 3.05) is 19.7 Å². The van der Waals surface area contributed by atoms with Gasteiger partial charge >= 0.3 is 0 Å². The van der Waals surface area contributed by atoms with E-state index in [-0.39, 0.29) is 17.4 Å². The lowest BCUT2D eigenvalue weighted by Gasteiger charge is -2.36. The Labute approximate surface area is 130 Å². The van der Waals surface area contributed by atoms with E-state index in [2.05, 4.69) is 39.5 Å². The van der Waals surface area contributed by atoms with Gasteiger partial charge in [-0.25, -0.2) is 0 Å². The van der Waals surface area contributed by atoms with E-state index in [9.17, 15) is 5.11 Å². The first-order chi connectivity index (χ1) is 9.45. The minimum Gasteiger partial charge on any atom is -0.390 e. The van der Waals surface area contributed by atoms with E-state index >= 15 is 0 Å². The zero-order chi connectivity index (χ0) is 16.3. The molecule has 1 heterocycles. The van der Waals surface area contributed by atoms with Gasteiger partial charge in [-0.2, -0.15) is 0 Å². The van der Waals surface area contributed by atoms with Gasteiger partial charge in [0.1, 0.15) is 5.72 Å². The summed E-state index contributed by atoms with van der Waals surface area (Å²) in [6, 6.07) is 0. The molecule has 1 aliphatic rings. The van der Waals surface area contributed by atoms with Crippen LogP contribution in [0.5, 0.6) is 0 Å². The first-order valence-electron chi connectivity index (χ1n) is 8.24. The lowest BCUT2D eigenvalue weighted by molar-refractivity contribution is -0.112. The normalized spacial score (nSPS) is 21.7. The third-order valence-electron chi connectivity index (χ3n) is 4.23. The summed E-state index contributed by atoms with van der Waals surface area (Å²) in [5, 5.41) is 9.98. The predicted octanol–water partition coefficient (Wildman–Crippen LogP) is 3.18. The molecule has 0 spiro atoms. The quantitative estimate of drug-likeness (QED) is 0.747. The molecule has 0 bridgehead atoms. The van der Waals surface area contributed by atoms with Gasteiger partial charge in [-0.3, -0.25) is 4.90 Å². The van der Waals surface area contributed by atoms with Crippen molar-refractivity contribution in [2.24, 2.45) is 0 Å². The Morgan fingerprint density at radius 2 is 1.90 bits per heavy atom. The van der Waals surface area contributed by atoms with Crippen molar-refractivity contribution in [1.82, 2.24) is 4.90 Å². The van der Waals surface area contributed by atoms with Crippen molar-refractivity contribution in [3.05, 3.63) is 0 Å². The molecule has 0 saturated carbocycles. The van der Waals surface area contributed by atoms with Gasteiger partial charge in [0.05, 0.1) is 23.9 Å². The van der Waals surface area contributed by atoms with Crippen molar-refractivity contribution in [1.29, 1.82) is 0 Å². The van der Waals surface area contributed by atoms with Crippen LogP contribution in [0.3, 0.4) is 0 Å². The lowest BCUT2D eigenvalue weighted by Crippen LogP contribution is -2.43. The van der Waals surface area contributed by atoms with Crippen LogP contribution in [-0.4, -0.2) is 52.7 Å². The van der Waals surface area contributed by atoms with Crippen LogP contribution in [0.1, 0.15) is 67.7 Å². The fourth-order valence-corrected chi connectivity index (χ4v) is 2.89. The van der Waals surface area contributed by atoms with E-state index in [1.165, 1.54) is 0 Å². The number of hydrogen-bond acceptors (Lipinski definition) is 4. The molecule has 1 aliphatic heterocycles. The Balaban J connectivity index is 2.48. The molecule has 4 heteroatoms. The van der Waals surface area contributed by atoms with Crippen molar-refractivity contribution in [3.8, 4) is 0 Å². The van der Waals surface area contributed by atoms with Crippen LogP contribution in [0.15, 0.2) is 0 Å². The Morgan fingerprint density at radius 3 is 2.33 bits per heavy atom. The second-order valence-corrected chi connectivity index (χ2v) is 7.96. The van der Waals surface area contributed by atoms with Crippen LogP contribution in [0.2, 0.25) is 0 Å². The average Bonchev–Trinajstić information content (AvgIpc) is 2.63. The summed E-state index contributed by atoms with van der Waals surface area (Å²) in [5.74, 6) is 0. The minimum atomic E-state index is -0.679. The van der Waals surface area contributed by atoms with Gasteiger partial charge < -0.3 is 14.6 Å². The maximum absolute atomic E-state index is 9.98. The Kier molecular flexibility index (Phi) is 6.25. The van der Waals surface area contributed by atoms with Crippen molar-refractivity contribution >= 4 is 0 Å². The fourth-order valence-electron chi connectivity index (χ4n) is 2.89. The van der Waals surface area contributed by atoms with Crippen LogP contribution in [0.25, 0.3) is 0 Å². The lowest BCUT2D eigenvalue weighted by atomic mass is 9.97. The summed E-state index contributed by atoms with van der Waals surface area (Å²) in [5.41, 5.74) is -1.03. The van der Waals surface area contributed by atoms with Crippen LogP contribution in [0.4, 0.5) is 0 Å². The molecular weight excluding hydrogens is 266 g/mol. The van der Waals surface area contributed by atoms with Crippen molar-refractivity contribution in [3.63, 3.8) is 0 Å². The molecule has 0 aromatic carbocycles. The smallest absolute Gasteiger partial charge is 0.116 e. The standard InChI is InChI=1S/C17H35NO3/c1-8-14(13-15(2,3)19)21-16(4,5)9-10-18-11-12-20-17(18,6)7/h14,19H,8-13H2,1-7H3. The molecule has 1 saturated heterocycles. The number of hydrogen-bond donors (Lipinski definition) is 1. The average molecular weight is 301 g/mol. The molecule has 1 N–H and O–H groups in total. The maximum Gasteiger partial charge on any atom is 0.116 e. The summed E-state index contributed by atoms with van der Waals surface area (Å²) >= 11 is 0. The van der Waals surface area contributed by atoms with Crippen molar-refractivity contribution in [2.45, 2.75) is 90.8 Å². The van der Waals surface area contributed by atoms with Crippen molar-refractivity contribution < 1.29 is 14.6 Å². The van der Waals surface area contributed by atoms with Gasteiger partial charge in [-0.1, -0.05) is 6.92 Å². The Bertz CT molecular complexity index is 320. The van der Waals surface area contributed by atoms with E-state index in [4.69, 9.17) is 9.47 Å². The van der Waals surface area contributed by atoms with Crippen LogP contribution in [-0.2, 0) is 9.47 Å². The molecule has 126 valence electrons. The Morgan fingerprint density at radius 1 is 1.29 bits per heavy atom. The highest BCUT2D eigenvalue weighted by Gasteiger charge is 2.34. The Hall–Kier alpha value is -0.160. The largest absolute Gasteiger partial charge is 0.390 e. The van der Waals surface area contributed by atoms with E-state index < -0.39 is 5.60 Å². The van der Waals surface area contributed by atoms with Gasteiger partial charge in [0.15, 0.2) is 0 Å². The summed E-state index contributed by atoms with van der Waals surface area (Å²) in [7, 11) is 0. The molecule has 1 unspecified atom stereocenters. The maximum atomic E-state index is 9.98. The molecule has 1 rings (SSSR count). The van der Waals surface area contributed by atoms with Gasteiger partial charge in [0.25, 0.3) is 0 Å². The van der Waals surface area contributed by atoms with Crippen LogP contribution >= 0.6 is 0 Å². The van der Waals surface area contributed by atoms with E-state index in [1.807, 2.05) is 13.8 Å². The van der Waals surface area contributed by atoms with Crippen LogP contribution < -0.4 is 0 Å². The van der Waals surface area contributed by atoms with Crippen LogP contribution in [0, 0.1) is 0 Å². The molecule has 21 heavy (non-hydrogen) atoms. The predicted molar refractivity (Wildman–Crippen MR) is 86.4 cm³/mol. The fraction of sp³-hybridized carbons (Fsp3) is 1.00. The summed E-state index contributed by atoms with van der Waals surface area (Å²) in [6.07, 6.45) is 2.65. The molecule has 1 atom stereocenters. The monoisotopic (exact) mass is 301 g/mol. The summed E-state index contributed by atoms with van der Waals surface area (Å²) in [4.78, 5) is 2.37. The molecule has 4 nitrogen and oxygen atoms in total. The first kappa shape index (κ1) is 18.9. The number of aliphatic hydroxyl groups is 1. The summed E-state index contributed by atoms with van der Waals surface area (Å²) < 4.78 is 12.0. The number of nitrogens with zero attached hydrogens (tertiary/aromatic N) is 1. The molecule has 0 aromatic rings. The second kappa shape index (κ2) is 6.95. The number of rotatable bonds is 8. The van der Waals surface area contributed by atoms with E-state index in [0.717, 1.165) is 32.5 Å². The molecule has 0 aromatic heterocycles. The van der Waals surface area contributed by atoms with Gasteiger partial charge in [0, 0.05) is 19.5 Å². The van der Waals surface area contributed by atoms with Gasteiger partial charge in [0.2, 0.25) is 0 Å². The highest BCUT2D eigenvalue weighted by molar-refractivity contribution is 4.82. The zero-order valence-corrected chi connectivity index (χ0v) is 15.0. The molecule has 1 fully saturated rings. The minimum absolute atomic E-state index is 0.0999. The highest BCUT2D eigenvalue weighted by atomic mass is 16.5. The number of ether oxygens (including phenoxy) is 2. The van der Waals surface area contributed by atoms with Gasteiger partial charge in [-0.15, -0.1) is 0 Å². The van der Waals surface area contributed by atoms with Gasteiger partial charge in [-0.05, 0) is 54.4 Å². The van der Waals surface area contributed by atoms with E-state index in [0.29, 0.717) is 6.42 Å². The third-order valence-corrected chi connectivity index (χ3v) is 4.23. The molecule has 0 amide bonds. The zero-order valence-electron chi connectivity index (χ0n) is 15.0. The highest BCUT2D eigenvalue weighted by Crippen LogP contribution is 2.27. The van der Waals surface area contributed by atoms with E-state index in [1.54, 1.807) is 0 Å².